The highest BCUT2D eigenvalue weighted by atomic mass is 19.1. The van der Waals surface area contributed by atoms with E-state index in [4.69, 9.17) is 0 Å². The number of hydrogen-bond donors (Lipinski definition) is 2. The number of benzene rings is 2. The number of hydrogen-bond acceptors (Lipinski definition) is 3. The van der Waals surface area contributed by atoms with E-state index in [9.17, 15) is 18.8 Å². The van der Waals surface area contributed by atoms with Gasteiger partial charge in [-0.25, -0.2) is 4.39 Å². The van der Waals surface area contributed by atoms with Crippen LogP contribution in [0.1, 0.15) is 39.1 Å². The molecular formula is C25H28FN3O3. The number of aryl methyl sites for hydroxylation is 1. The van der Waals surface area contributed by atoms with Gasteiger partial charge in [0.05, 0.1) is 0 Å². The van der Waals surface area contributed by atoms with Crippen molar-refractivity contribution in [3.05, 3.63) is 83.7 Å². The number of rotatable bonds is 7. The Balaban J connectivity index is 1.68. The van der Waals surface area contributed by atoms with Crippen LogP contribution in [0.2, 0.25) is 0 Å². The predicted octanol–water partition coefficient (Wildman–Crippen LogP) is 3.09. The van der Waals surface area contributed by atoms with Crippen LogP contribution in [-0.4, -0.2) is 48.3 Å². The molecule has 0 spiro atoms. The summed E-state index contributed by atoms with van der Waals surface area (Å²) in [5, 5.41) is 5.55. The van der Waals surface area contributed by atoms with Crippen molar-refractivity contribution in [2.45, 2.75) is 25.8 Å². The second-order valence-corrected chi connectivity index (χ2v) is 7.99. The Hall–Kier alpha value is -3.48. The Morgan fingerprint density at radius 1 is 1.12 bits per heavy atom. The van der Waals surface area contributed by atoms with Gasteiger partial charge in [0.2, 0.25) is 5.91 Å². The van der Waals surface area contributed by atoms with Gasteiger partial charge >= 0.3 is 0 Å². The summed E-state index contributed by atoms with van der Waals surface area (Å²) in [7, 11) is 0. The number of piperidine rings is 1. The minimum atomic E-state index is -0.760. The van der Waals surface area contributed by atoms with Crippen molar-refractivity contribution in [1.29, 1.82) is 0 Å². The van der Waals surface area contributed by atoms with Crippen molar-refractivity contribution in [3.63, 3.8) is 0 Å². The first-order chi connectivity index (χ1) is 15.4. The summed E-state index contributed by atoms with van der Waals surface area (Å²) in [5.41, 5.74) is 1.95. The van der Waals surface area contributed by atoms with E-state index < -0.39 is 17.8 Å². The van der Waals surface area contributed by atoms with Gasteiger partial charge in [-0.3, -0.25) is 14.4 Å². The highest BCUT2D eigenvalue weighted by molar-refractivity contribution is 5.97. The van der Waals surface area contributed by atoms with E-state index in [0.29, 0.717) is 31.5 Å². The van der Waals surface area contributed by atoms with Crippen LogP contribution in [0.5, 0.6) is 0 Å². The van der Waals surface area contributed by atoms with E-state index >= 15 is 0 Å². The lowest BCUT2D eigenvalue weighted by Gasteiger charge is -2.36. The van der Waals surface area contributed by atoms with Crippen LogP contribution in [-0.2, 0) is 4.79 Å². The van der Waals surface area contributed by atoms with Crippen molar-refractivity contribution < 1.29 is 18.8 Å². The van der Waals surface area contributed by atoms with Gasteiger partial charge in [-0.05, 0) is 62.1 Å². The van der Waals surface area contributed by atoms with Crippen molar-refractivity contribution in [1.82, 2.24) is 15.5 Å². The fourth-order valence-electron chi connectivity index (χ4n) is 3.90. The van der Waals surface area contributed by atoms with Crippen LogP contribution >= 0.6 is 0 Å². The Morgan fingerprint density at radius 2 is 1.81 bits per heavy atom. The zero-order valence-corrected chi connectivity index (χ0v) is 18.1. The topological polar surface area (TPSA) is 78.5 Å². The third-order valence-corrected chi connectivity index (χ3v) is 5.66. The molecule has 0 aliphatic carbocycles. The molecule has 2 N–H and O–H groups in total. The number of carbonyl (C=O) groups excluding carboxylic acids is 3. The number of nitrogens with zero attached hydrogens (tertiary/aromatic N) is 1. The van der Waals surface area contributed by atoms with Crippen LogP contribution in [0.15, 0.2) is 61.2 Å². The molecule has 3 rings (SSSR count). The average Bonchev–Trinajstić information content (AvgIpc) is 2.81. The van der Waals surface area contributed by atoms with Crippen LogP contribution in [0.4, 0.5) is 4.39 Å². The average molecular weight is 438 g/mol. The lowest BCUT2D eigenvalue weighted by molar-refractivity contribution is -0.124. The molecule has 1 atom stereocenters. The fraction of sp³-hybridized carbons (Fsp3) is 0.320. The number of nitrogens with one attached hydrogen (secondary N) is 2. The van der Waals surface area contributed by atoms with E-state index in [1.54, 1.807) is 17.0 Å². The van der Waals surface area contributed by atoms with Gasteiger partial charge in [0.15, 0.2) is 0 Å². The van der Waals surface area contributed by atoms with Crippen molar-refractivity contribution in [2.75, 3.05) is 19.6 Å². The third-order valence-electron chi connectivity index (χ3n) is 5.66. The van der Waals surface area contributed by atoms with Gasteiger partial charge in [0.1, 0.15) is 11.9 Å². The first kappa shape index (κ1) is 23.2. The SMILES string of the molecule is C=CCNC(=O)C(NC(=O)c1ccc(F)cc1)C1CCN(C(=O)c2cccc(C)c2)CC1. The van der Waals surface area contributed by atoms with Gasteiger partial charge in [-0.2, -0.15) is 0 Å². The molecule has 0 aromatic heterocycles. The first-order valence-electron chi connectivity index (χ1n) is 10.7. The van der Waals surface area contributed by atoms with Crippen LogP contribution in [0, 0.1) is 18.7 Å². The maximum absolute atomic E-state index is 13.2. The molecular weight excluding hydrogens is 409 g/mol. The lowest BCUT2D eigenvalue weighted by atomic mass is 9.88. The molecule has 2 aromatic carbocycles. The van der Waals surface area contributed by atoms with E-state index in [1.807, 2.05) is 25.1 Å². The summed E-state index contributed by atoms with van der Waals surface area (Å²) in [6.45, 7) is 6.82. The molecule has 1 saturated heterocycles. The Kier molecular flexibility index (Phi) is 7.76. The molecule has 0 radical (unpaired) electrons. The minimum absolute atomic E-state index is 0.0323. The molecule has 6 nitrogen and oxygen atoms in total. The number of amides is 3. The molecule has 1 unspecified atom stereocenters. The monoisotopic (exact) mass is 437 g/mol. The van der Waals surface area contributed by atoms with Crippen molar-refractivity contribution in [2.24, 2.45) is 5.92 Å². The van der Waals surface area contributed by atoms with Gasteiger partial charge in [-0.15, -0.1) is 6.58 Å². The van der Waals surface area contributed by atoms with Gasteiger partial charge < -0.3 is 15.5 Å². The molecule has 7 heteroatoms. The highest BCUT2D eigenvalue weighted by Gasteiger charge is 2.34. The molecule has 3 amide bonds. The summed E-state index contributed by atoms with van der Waals surface area (Å²) in [6, 6.07) is 11.9. The maximum atomic E-state index is 13.2. The molecule has 1 aliphatic rings. The fourth-order valence-corrected chi connectivity index (χ4v) is 3.90. The largest absolute Gasteiger partial charge is 0.351 e. The number of likely N-dealkylation sites (tertiary alicyclic amines) is 1. The minimum Gasteiger partial charge on any atom is -0.351 e. The predicted molar refractivity (Wildman–Crippen MR) is 121 cm³/mol. The first-order valence-corrected chi connectivity index (χ1v) is 10.7. The van der Waals surface area contributed by atoms with E-state index in [0.717, 1.165) is 5.56 Å². The molecule has 0 saturated carbocycles. The lowest BCUT2D eigenvalue weighted by Crippen LogP contribution is -2.53. The van der Waals surface area contributed by atoms with E-state index in [1.165, 1.54) is 24.3 Å². The smallest absolute Gasteiger partial charge is 0.253 e. The van der Waals surface area contributed by atoms with E-state index in [2.05, 4.69) is 17.2 Å². The van der Waals surface area contributed by atoms with Gasteiger partial charge in [0, 0.05) is 30.8 Å². The van der Waals surface area contributed by atoms with Gasteiger partial charge in [0.25, 0.3) is 11.8 Å². The molecule has 1 fully saturated rings. The second kappa shape index (κ2) is 10.7. The Bertz CT molecular complexity index is 982. The zero-order chi connectivity index (χ0) is 23.1. The highest BCUT2D eigenvalue weighted by Crippen LogP contribution is 2.23. The standard InChI is InChI=1S/C25H28FN3O3/c1-3-13-27-24(31)22(28-23(30)19-7-9-21(26)10-8-19)18-11-14-29(15-12-18)25(32)20-6-4-5-17(2)16-20/h3-10,16,18,22H,1,11-15H2,2H3,(H,27,31)(H,28,30). The Labute approximate surface area is 187 Å². The molecule has 0 bridgehead atoms. The summed E-state index contributed by atoms with van der Waals surface area (Å²) in [4.78, 5) is 40.1. The van der Waals surface area contributed by atoms with Crippen LogP contribution in [0.25, 0.3) is 0 Å². The summed E-state index contributed by atoms with van der Waals surface area (Å²) in [6.07, 6.45) is 2.72. The molecule has 1 aliphatic heterocycles. The summed E-state index contributed by atoms with van der Waals surface area (Å²) >= 11 is 0. The maximum Gasteiger partial charge on any atom is 0.253 e. The quantitative estimate of drug-likeness (QED) is 0.654. The normalized spacial score (nSPS) is 15.0. The summed E-state index contributed by atoms with van der Waals surface area (Å²) in [5.74, 6) is -1.35. The third kappa shape index (κ3) is 5.81. The van der Waals surface area contributed by atoms with E-state index in [-0.39, 0.29) is 29.8 Å². The van der Waals surface area contributed by atoms with Crippen LogP contribution < -0.4 is 10.6 Å². The zero-order valence-electron chi connectivity index (χ0n) is 18.1. The Morgan fingerprint density at radius 3 is 2.44 bits per heavy atom. The van der Waals surface area contributed by atoms with Crippen molar-refractivity contribution in [3.8, 4) is 0 Å². The summed E-state index contributed by atoms with van der Waals surface area (Å²) < 4.78 is 13.2. The molecule has 32 heavy (non-hydrogen) atoms. The van der Waals surface area contributed by atoms with Gasteiger partial charge in [-0.1, -0.05) is 23.8 Å². The van der Waals surface area contributed by atoms with Crippen LogP contribution in [0.3, 0.4) is 0 Å². The number of halogens is 1. The second-order valence-electron chi connectivity index (χ2n) is 7.99. The molecule has 2 aromatic rings. The molecule has 1 heterocycles. The molecule has 168 valence electrons. The number of carbonyl (C=O) groups is 3. The van der Waals surface area contributed by atoms with Crippen molar-refractivity contribution >= 4 is 17.7 Å².